The molecule has 0 spiro atoms. The van der Waals surface area contributed by atoms with Crippen molar-refractivity contribution in [3.05, 3.63) is 134 Å². The first kappa shape index (κ1) is 98.7. The van der Waals surface area contributed by atoms with Gasteiger partial charge in [0.1, 0.15) is 25.4 Å². The molecule has 0 saturated carbocycles. The Morgan fingerprint density at radius 1 is 0.282 bits per heavy atom. The van der Waals surface area contributed by atoms with Crippen LogP contribution in [0.15, 0.2) is 134 Å². The third kappa shape index (κ3) is 78.6. The van der Waals surface area contributed by atoms with E-state index in [0.717, 1.165) is 135 Å². The van der Waals surface area contributed by atoms with Crippen molar-refractivity contribution in [3.63, 3.8) is 0 Å². The van der Waals surface area contributed by atoms with Crippen molar-refractivity contribution < 1.29 is 75.8 Å². The predicted molar refractivity (Wildman–Crippen MR) is 426 cm³/mol. The second-order valence-electron chi connectivity index (χ2n) is 26.8. The molecule has 18 heteroatoms. The number of hydrogen-bond acceptors (Lipinski definition) is 14. The molecule has 0 aliphatic rings. The minimum Gasteiger partial charge on any atom is -0.463 e. The van der Waals surface area contributed by atoms with E-state index in [4.69, 9.17) is 32.3 Å². The Bertz CT molecular complexity index is 2410. The van der Waals surface area contributed by atoms with Crippen molar-refractivity contribution in [2.24, 2.45) is 0 Å². The first-order chi connectivity index (χ1) is 50.2. The largest absolute Gasteiger partial charge is 0.472 e. The fourth-order valence-electron chi connectivity index (χ4n) is 10.7. The van der Waals surface area contributed by atoms with Crippen molar-refractivity contribution in [2.45, 2.75) is 347 Å². The van der Waals surface area contributed by atoms with E-state index < -0.39 is 91.5 Å². The van der Waals surface area contributed by atoms with Gasteiger partial charge < -0.3 is 34.2 Å². The highest BCUT2D eigenvalue weighted by atomic mass is 31.2. The fraction of sp³-hybridized carbons (Fsp3) is 0.706. The Morgan fingerprint density at radius 3 is 0.825 bits per heavy atom. The van der Waals surface area contributed by atoms with E-state index in [1.54, 1.807) is 0 Å². The van der Waals surface area contributed by atoms with Gasteiger partial charge in [0.15, 0.2) is 6.10 Å². The smallest absolute Gasteiger partial charge is 0.463 e. The van der Waals surface area contributed by atoms with Gasteiger partial charge in [-0.25, -0.2) is 9.13 Å². The normalized spacial score (nSPS) is 14.7. The van der Waals surface area contributed by atoms with Gasteiger partial charge in [-0.05, 0) is 141 Å². The van der Waals surface area contributed by atoms with Crippen LogP contribution in [0.25, 0.3) is 0 Å². The molecule has 103 heavy (non-hydrogen) atoms. The molecule has 0 fully saturated rings. The molecule has 5 unspecified atom stereocenters. The first-order valence-electron chi connectivity index (χ1n) is 40.5. The number of aliphatic hydroxyl groups is 2. The second kappa shape index (κ2) is 77.3. The number of esters is 3. The summed E-state index contributed by atoms with van der Waals surface area (Å²) in [6.45, 7) is 2.47. The fourth-order valence-corrected chi connectivity index (χ4v) is 12.3. The van der Waals surface area contributed by atoms with Crippen LogP contribution in [0, 0.1) is 0 Å². The van der Waals surface area contributed by atoms with Gasteiger partial charge in [-0.3, -0.25) is 32.5 Å². The minimum absolute atomic E-state index is 0.0782. The molecule has 0 aromatic carbocycles. The van der Waals surface area contributed by atoms with Gasteiger partial charge in [-0.2, -0.15) is 0 Å². The molecule has 0 radical (unpaired) electrons. The monoisotopic (exact) mass is 1490 g/mol. The zero-order valence-corrected chi connectivity index (χ0v) is 66.5. The summed E-state index contributed by atoms with van der Waals surface area (Å²) in [5.74, 6) is -1.63. The molecular formula is C85H146O16P2. The highest BCUT2D eigenvalue weighted by Gasteiger charge is 2.29. The summed E-state index contributed by atoms with van der Waals surface area (Å²) >= 11 is 0. The maximum absolute atomic E-state index is 12.9. The van der Waals surface area contributed by atoms with Gasteiger partial charge in [-0.1, -0.05) is 302 Å². The van der Waals surface area contributed by atoms with Crippen molar-refractivity contribution in [1.82, 2.24) is 0 Å². The van der Waals surface area contributed by atoms with Crippen LogP contribution in [0.4, 0.5) is 0 Å². The van der Waals surface area contributed by atoms with E-state index in [1.165, 1.54) is 135 Å². The minimum atomic E-state index is -4.94. The molecule has 0 amide bonds. The lowest BCUT2D eigenvalue weighted by Gasteiger charge is -2.21. The average molecular weight is 1490 g/mol. The number of phosphoric ester groups is 2. The van der Waals surface area contributed by atoms with Crippen molar-refractivity contribution in [1.29, 1.82) is 0 Å². The number of hydrogen-bond donors (Lipinski definition) is 4. The van der Waals surface area contributed by atoms with Crippen LogP contribution < -0.4 is 0 Å². The topological polar surface area (TPSA) is 231 Å². The molecule has 0 rings (SSSR count). The lowest BCUT2D eigenvalue weighted by Crippen LogP contribution is -2.30. The number of allylic oxidation sites excluding steroid dienone is 22. The van der Waals surface area contributed by atoms with E-state index in [-0.39, 0.29) is 19.3 Å². The number of rotatable bonds is 76. The zero-order chi connectivity index (χ0) is 75.2. The lowest BCUT2D eigenvalue weighted by molar-refractivity contribution is -0.161. The Hall–Kier alpha value is -4.31. The Labute approximate surface area is 626 Å². The number of aliphatic hydroxyl groups excluding tert-OH is 2. The maximum Gasteiger partial charge on any atom is 0.472 e. The van der Waals surface area contributed by atoms with Crippen molar-refractivity contribution >= 4 is 33.6 Å². The summed E-state index contributed by atoms with van der Waals surface area (Å²) in [6.07, 6.45) is 93.7. The molecule has 0 bridgehead atoms. The van der Waals surface area contributed by atoms with Gasteiger partial charge in [0.05, 0.1) is 26.4 Å². The number of unbranched alkanes of at least 4 members (excludes halogenated alkanes) is 31. The van der Waals surface area contributed by atoms with Gasteiger partial charge in [-0.15, -0.1) is 0 Å². The molecule has 0 aromatic heterocycles. The van der Waals surface area contributed by atoms with E-state index in [1.807, 2.05) is 0 Å². The van der Waals surface area contributed by atoms with E-state index in [0.29, 0.717) is 19.3 Å². The highest BCUT2D eigenvalue weighted by molar-refractivity contribution is 7.47. The highest BCUT2D eigenvalue weighted by Crippen LogP contribution is 2.45. The molecule has 5 atom stereocenters. The molecule has 0 heterocycles. The molecule has 4 N–H and O–H groups in total. The third-order valence-corrected chi connectivity index (χ3v) is 18.7. The molecular weight excluding hydrogens is 1340 g/mol. The Kier molecular flexibility index (Phi) is 74.1. The first-order valence-corrected chi connectivity index (χ1v) is 43.5. The Balaban J connectivity index is 4.46. The number of phosphoric acid groups is 2. The molecule has 0 saturated heterocycles. The van der Waals surface area contributed by atoms with Crippen LogP contribution in [-0.4, -0.2) is 95.9 Å². The number of ether oxygens (including phenoxy) is 3. The molecule has 0 aromatic rings. The summed E-state index contributed by atoms with van der Waals surface area (Å²) in [5.41, 5.74) is 0. The van der Waals surface area contributed by atoms with Gasteiger partial charge >= 0.3 is 33.6 Å². The SMILES string of the molecule is CC/C=C\C/C=C\C/C=C\C/C=C\C/C=C\CCCCCC(=O)OCC(COP(=O)(O)OCC(O)COP(=O)(O)OCC(O)COC(=O)CCCCCCCCCCCCCCCCCCC/C=C\C/C=C\C/C=C\C/C=C\CCCCC)OC(=O)CCCCCCC/C=C\C/C=C\CCCCC. The zero-order valence-electron chi connectivity index (χ0n) is 64.7. The summed E-state index contributed by atoms with van der Waals surface area (Å²) in [5, 5.41) is 20.6. The summed E-state index contributed by atoms with van der Waals surface area (Å²) in [7, 11) is -9.80. The summed E-state index contributed by atoms with van der Waals surface area (Å²) in [6, 6.07) is 0. The van der Waals surface area contributed by atoms with Crippen LogP contribution in [0.3, 0.4) is 0 Å². The second-order valence-corrected chi connectivity index (χ2v) is 29.7. The van der Waals surface area contributed by atoms with Gasteiger partial charge in [0, 0.05) is 19.3 Å². The van der Waals surface area contributed by atoms with E-state index in [2.05, 4.69) is 154 Å². The molecule has 16 nitrogen and oxygen atoms in total. The molecule has 0 aliphatic carbocycles. The van der Waals surface area contributed by atoms with E-state index in [9.17, 15) is 43.5 Å². The van der Waals surface area contributed by atoms with Gasteiger partial charge in [0.25, 0.3) is 0 Å². The van der Waals surface area contributed by atoms with Crippen LogP contribution in [-0.2, 0) is 55.8 Å². The summed E-state index contributed by atoms with van der Waals surface area (Å²) < 4.78 is 61.1. The number of carbonyl (C=O) groups excluding carboxylic acids is 3. The Morgan fingerprint density at radius 2 is 0.515 bits per heavy atom. The van der Waals surface area contributed by atoms with Crippen LogP contribution >= 0.6 is 15.6 Å². The van der Waals surface area contributed by atoms with Crippen LogP contribution in [0.1, 0.15) is 329 Å². The molecule has 0 aliphatic heterocycles. The lowest BCUT2D eigenvalue weighted by atomic mass is 10.0. The van der Waals surface area contributed by atoms with Crippen LogP contribution in [0.2, 0.25) is 0 Å². The standard InChI is InChI=1S/C85H146O16P2/c1-4-7-10-13-16-19-22-25-28-30-32-33-34-35-36-37-38-39-40-41-42-43-44-45-47-49-51-53-56-59-62-65-68-71-83(88)95-74-80(86)75-97-102(91,92)98-76-81(87)77-99-103(93,94)100-79-82(101-85(90)73-70-67-64-61-58-55-50-27-24-21-18-15-12-9-6-3)78-96-84(89)72-69-66-63-60-57-54-52-48-46-31-29-26-23-20-17-14-11-8-5-2/h8,11,16-21,25-29,32-33,35-36,46,48,50,54,57,80-82,86-87H,4-7,9-10,12-15,22-24,30-31,34,37-45,47,49,51-53,55-56,58-79H2,1-3H3,(H,91,92)(H,93,94)/b11-8-,19-16-,20-17-,21-18-,28-25-,29-26-,33-32-,36-35-,48-46-,50-27-,57-54-. The predicted octanol–water partition coefficient (Wildman–Crippen LogP) is 23.9. The van der Waals surface area contributed by atoms with Crippen molar-refractivity contribution in [2.75, 3.05) is 39.6 Å². The number of carbonyl (C=O) groups is 3. The molecule has 592 valence electrons. The van der Waals surface area contributed by atoms with Gasteiger partial charge in [0.2, 0.25) is 0 Å². The van der Waals surface area contributed by atoms with E-state index >= 15 is 0 Å². The average Bonchev–Trinajstić information content (AvgIpc) is 0.917. The summed E-state index contributed by atoms with van der Waals surface area (Å²) in [4.78, 5) is 58.6. The quantitative estimate of drug-likeness (QED) is 0.0146. The third-order valence-electron chi connectivity index (χ3n) is 16.8. The van der Waals surface area contributed by atoms with Crippen LogP contribution in [0.5, 0.6) is 0 Å². The maximum atomic E-state index is 12.9. The van der Waals surface area contributed by atoms with Crippen molar-refractivity contribution in [3.8, 4) is 0 Å².